The number of aryl methyl sites for hydroxylation is 1. The van der Waals surface area contributed by atoms with Crippen molar-refractivity contribution < 1.29 is 60.2 Å². The van der Waals surface area contributed by atoms with E-state index in [-0.39, 0.29) is 17.5 Å². The number of hydrogen-bond donors (Lipinski definition) is 6. The molecule has 4 aromatic rings. The Bertz CT molecular complexity index is 1690. The van der Waals surface area contributed by atoms with Gasteiger partial charge >= 0.3 is 24.3 Å². The molecule has 0 bridgehead atoms. The van der Waals surface area contributed by atoms with E-state index in [1.165, 1.54) is 6.26 Å². The number of anilines is 1. The van der Waals surface area contributed by atoms with Crippen molar-refractivity contribution in [1.82, 2.24) is 10.3 Å². The van der Waals surface area contributed by atoms with Crippen molar-refractivity contribution in [2.45, 2.75) is 50.1 Å². The molecule has 8 N–H and O–H groups in total. The van der Waals surface area contributed by atoms with Crippen LogP contribution in [0.1, 0.15) is 47.2 Å². The van der Waals surface area contributed by atoms with Crippen LogP contribution in [0.25, 0.3) is 10.8 Å². The van der Waals surface area contributed by atoms with E-state index in [4.69, 9.17) is 35.7 Å². The van der Waals surface area contributed by atoms with Gasteiger partial charge in [-0.15, -0.1) is 0 Å². The van der Waals surface area contributed by atoms with Gasteiger partial charge in [-0.3, -0.25) is 9.59 Å². The minimum atomic E-state index is -5.08. The molecule has 0 unspecified atom stereocenters. The van der Waals surface area contributed by atoms with Crippen LogP contribution in [0.4, 0.5) is 32.0 Å². The summed E-state index contributed by atoms with van der Waals surface area (Å²) in [6.45, 7) is 0.466. The molecule has 4 rings (SSSR count). The van der Waals surface area contributed by atoms with Gasteiger partial charge < -0.3 is 36.7 Å². The maximum atomic E-state index is 12.9. The Labute approximate surface area is 280 Å². The third-order valence-corrected chi connectivity index (χ3v) is 6.48. The quantitative estimate of drug-likeness (QED) is 0.112. The zero-order valence-corrected chi connectivity index (χ0v) is 26.0. The maximum Gasteiger partial charge on any atom is 0.490 e. The highest BCUT2D eigenvalue weighted by molar-refractivity contribution is 6.03. The maximum absolute atomic E-state index is 12.9. The standard InChI is InChI=1S/C28H31N5O3.2C2HF3O2/c29-16-6-11-23(30)26(34)32-24(15-12-19-7-2-1-3-8-19)28-33-25(18-36-28)27(35)31-22-14-13-20-9-4-5-10-21(20)17-22;2*3-2(4,5)1(6)7/h1-5,7-10,13-14,17-18,23-24H,6,11-12,15-16,29-30H2,(H,31,35)(H,32,34);2*(H,6,7)/t23-,24-;;/m1../s1. The van der Waals surface area contributed by atoms with Gasteiger partial charge in [0.15, 0.2) is 5.69 Å². The van der Waals surface area contributed by atoms with Crippen LogP contribution in [-0.4, -0.2) is 63.9 Å². The lowest BCUT2D eigenvalue weighted by molar-refractivity contribution is -0.193. The van der Waals surface area contributed by atoms with Gasteiger partial charge in [0.1, 0.15) is 12.3 Å². The Morgan fingerprint density at radius 3 is 1.94 bits per heavy atom. The summed E-state index contributed by atoms with van der Waals surface area (Å²) in [7, 11) is 0. The summed E-state index contributed by atoms with van der Waals surface area (Å²) in [6.07, 6.45) is -6.50. The van der Waals surface area contributed by atoms with Gasteiger partial charge in [-0.25, -0.2) is 14.6 Å². The normalized spacial score (nSPS) is 12.3. The number of carbonyl (C=O) groups excluding carboxylic acids is 2. The summed E-state index contributed by atoms with van der Waals surface area (Å²) in [5.74, 6) is -5.95. The zero-order valence-electron chi connectivity index (χ0n) is 26.0. The Hall–Kier alpha value is -5.49. The monoisotopic (exact) mass is 713 g/mol. The third kappa shape index (κ3) is 13.9. The molecule has 0 saturated heterocycles. The number of aliphatic carboxylic acids is 2. The van der Waals surface area contributed by atoms with E-state index in [0.29, 0.717) is 37.9 Å². The number of alkyl halides is 6. The Morgan fingerprint density at radius 2 is 1.38 bits per heavy atom. The lowest BCUT2D eigenvalue weighted by atomic mass is 10.0. The van der Waals surface area contributed by atoms with Gasteiger partial charge in [0, 0.05) is 5.69 Å². The first-order valence-corrected chi connectivity index (χ1v) is 14.6. The molecule has 0 radical (unpaired) electrons. The van der Waals surface area contributed by atoms with Gasteiger partial charge in [0.05, 0.1) is 6.04 Å². The molecule has 0 fully saturated rings. The number of oxazole rings is 1. The molecular weight excluding hydrogens is 680 g/mol. The molecule has 18 heteroatoms. The first kappa shape index (κ1) is 40.7. The molecule has 0 aliphatic carbocycles. The molecule has 0 spiro atoms. The summed E-state index contributed by atoms with van der Waals surface area (Å²) in [5.41, 5.74) is 13.5. The lowest BCUT2D eigenvalue weighted by Crippen LogP contribution is -2.42. The fourth-order valence-corrected chi connectivity index (χ4v) is 3.97. The van der Waals surface area contributed by atoms with Crippen LogP contribution in [-0.2, 0) is 20.8 Å². The van der Waals surface area contributed by atoms with Crippen LogP contribution in [0, 0.1) is 0 Å². The molecule has 3 aromatic carbocycles. The SMILES string of the molecule is NCCC[C@@H](N)C(=O)N[C@H](CCc1ccccc1)c1nc(C(=O)Nc2ccc3ccccc3c2)co1.O=C(O)C(F)(F)F.O=C(O)C(F)(F)F. The molecule has 1 aromatic heterocycles. The highest BCUT2D eigenvalue weighted by Crippen LogP contribution is 2.22. The van der Waals surface area contributed by atoms with Crippen molar-refractivity contribution in [2.75, 3.05) is 11.9 Å². The van der Waals surface area contributed by atoms with Crippen molar-refractivity contribution in [3.05, 3.63) is 96.2 Å². The number of benzene rings is 3. The summed E-state index contributed by atoms with van der Waals surface area (Å²) in [5, 5.41) is 22.2. The number of amides is 2. The van der Waals surface area contributed by atoms with E-state index in [1.807, 2.05) is 72.8 Å². The summed E-state index contributed by atoms with van der Waals surface area (Å²) in [6, 6.07) is 22.3. The number of halogens is 6. The number of nitrogens with two attached hydrogens (primary N) is 2. The van der Waals surface area contributed by atoms with Gasteiger partial charge in [-0.2, -0.15) is 26.3 Å². The van der Waals surface area contributed by atoms with Crippen LogP contribution in [0.5, 0.6) is 0 Å². The average Bonchev–Trinajstić information content (AvgIpc) is 3.56. The zero-order chi connectivity index (χ0) is 37.5. The number of aromatic nitrogens is 1. The van der Waals surface area contributed by atoms with Gasteiger partial charge in [-0.05, 0) is 60.7 Å². The Balaban J connectivity index is 0.000000521. The van der Waals surface area contributed by atoms with Crippen molar-refractivity contribution in [3.8, 4) is 0 Å². The average molecular weight is 714 g/mol. The van der Waals surface area contributed by atoms with Gasteiger partial charge in [0.2, 0.25) is 11.8 Å². The fraction of sp³-hybridized carbons (Fsp3) is 0.281. The van der Waals surface area contributed by atoms with Crippen LogP contribution in [0.3, 0.4) is 0 Å². The van der Waals surface area contributed by atoms with Gasteiger partial charge in [0.25, 0.3) is 5.91 Å². The summed E-state index contributed by atoms with van der Waals surface area (Å²) < 4.78 is 69.1. The Kier molecular flexibility index (Phi) is 15.4. The number of hydrogen-bond acceptors (Lipinski definition) is 8. The van der Waals surface area contributed by atoms with Crippen LogP contribution in [0.2, 0.25) is 0 Å². The molecular formula is C32H33F6N5O7. The number of carboxylic acid groups (broad SMARTS) is 2. The molecule has 2 amide bonds. The number of nitrogens with zero attached hydrogens (tertiary/aromatic N) is 1. The first-order chi connectivity index (χ1) is 23.4. The van der Waals surface area contributed by atoms with E-state index in [0.717, 1.165) is 16.3 Å². The summed E-state index contributed by atoms with van der Waals surface area (Å²) >= 11 is 0. The van der Waals surface area contributed by atoms with Gasteiger partial charge in [-0.1, -0.05) is 60.7 Å². The Morgan fingerprint density at radius 1 is 0.820 bits per heavy atom. The lowest BCUT2D eigenvalue weighted by Gasteiger charge is -2.18. The van der Waals surface area contributed by atoms with Crippen LogP contribution in [0.15, 0.2) is 83.5 Å². The molecule has 0 saturated carbocycles. The smallest absolute Gasteiger partial charge is 0.475 e. The number of fused-ring (bicyclic) bond motifs is 1. The predicted octanol–water partition coefficient (Wildman–Crippen LogP) is 5.20. The molecule has 1 heterocycles. The van der Waals surface area contributed by atoms with E-state index >= 15 is 0 Å². The molecule has 270 valence electrons. The largest absolute Gasteiger partial charge is 0.490 e. The highest BCUT2D eigenvalue weighted by Gasteiger charge is 2.39. The van der Waals surface area contributed by atoms with E-state index in [2.05, 4.69) is 15.6 Å². The van der Waals surface area contributed by atoms with Crippen molar-refractivity contribution in [3.63, 3.8) is 0 Å². The van der Waals surface area contributed by atoms with Crippen molar-refractivity contribution in [2.24, 2.45) is 11.5 Å². The predicted molar refractivity (Wildman–Crippen MR) is 168 cm³/mol. The second kappa shape index (κ2) is 18.9. The van der Waals surface area contributed by atoms with E-state index in [9.17, 15) is 35.9 Å². The third-order valence-electron chi connectivity index (χ3n) is 6.48. The number of rotatable bonds is 11. The molecule has 50 heavy (non-hydrogen) atoms. The van der Waals surface area contributed by atoms with Crippen molar-refractivity contribution in [1.29, 1.82) is 0 Å². The highest BCUT2D eigenvalue weighted by atomic mass is 19.4. The summed E-state index contributed by atoms with van der Waals surface area (Å²) in [4.78, 5) is 47.8. The molecule has 2 atom stereocenters. The first-order valence-electron chi connectivity index (χ1n) is 14.6. The minimum absolute atomic E-state index is 0.129. The number of carboxylic acids is 2. The van der Waals surface area contributed by atoms with Crippen LogP contribution < -0.4 is 22.1 Å². The molecule has 12 nitrogen and oxygen atoms in total. The second-order valence-corrected chi connectivity index (χ2v) is 10.3. The number of carbonyl (C=O) groups is 4. The second-order valence-electron chi connectivity index (χ2n) is 10.3. The minimum Gasteiger partial charge on any atom is -0.475 e. The number of nitrogens with one attached hydrogen (secondary N) is 2. The van der Waals surface area contributed by atoms with E-state index < -0.39 is 42.3 Å². The fourth-order valence-electron chi connectivity index (χ4n) is 3.97. The van der Waals surface area contributed by atoms with Crippen molar-refractivity contribution >= 4 is 40.2 Å². The van der Waals surface area contributed by atoms with Crippen LogP contribution >= 0.6 is 0 Å². The molecule has 0 aliphatic rings. The topological polar surface area (TPSA) is 211 Å². The van der Waals surface area contributed by atoms with E-state index in [1.54, 1.807) is 0 Å². The molecule has 0 aliphatic heterocycles.